The molecule has 2 N–H and O–H groups in total. The van der Waals surface area contributed by atoms with E-state index in [-0.39, 0.29) is 58.2 Å². The average Bonchev–Trinajstić information content (AvgIpc) is 2.09. The fraction of sp³-hybridized carbons (Fsp3) is 0.429. The fourth-order valence-corrected chi connectivity index (χ4v) is 1.03. The molecule has 0 aromatic carbocycles. The van der Waals surface area contributed by atoms with Gasteiger partial charge in [0.2, 0.25) is 0 Å². The summed E-state index contributed by atoms with van der Waals surface area (Å²) >= 11 is 0. The molecule has 0 amide bonds. The molecule has 3 nitrogen and oxygen atoms in total. The molecule has 0 saturated heterocycles. The minimum absolute atomic E-state index is 0. The molecule has 0 radical (unpaired) electrons. The maximum absolute atomic E-state index is 5.55. The Hall–Kier alpha value is 0.685. The Bertz CT molecular complexity index is 198. The molecule has 0 aromatic heterocycles. The third-order valence-corrected chi connectivity index (χ3v) is 1.65. The van der Waals surface area contributed by atoms with Crippen molar-refractivity contribution in [2.45, 2.75) is 13.8 Å². The fourth-order valence-electron chi connectivity index (χ4n) is 1.03. The molecule has 0 spiro atoms. The largest absolute Gasteiger partial charge is 1.00 e. The van der Waals surface area contributed by atoms with Crippen molar-refractivity contribution in [2.24, 2.45) is 5.73 Å². The first-order valence-corrected chi connectivity index (χ1v) is 3.31. The maximum Gasteiger partial charge on any atom is 1.00 e. The van der Waals surface area contributed by atoms with Gasteiger partial charge in [-0.1, -0.05) is 13.5 Å². The Morgan fingerprint density at radius 2 is 2.18 bits per heavy atom. The first-order valence-electron chi connectivity index (χ1n) is 3.31. The SMILES string of the molecule is C=C1[N-]C(N)=C(C)N1CC.[Rb+]. The van der Waals surface area contributed by atoms with E-state index in [1.807, 2.05) is 18.7 Å². The van der Waals surface area contributed by atoms with E-state index in [0.29, 0.717) is 5.82 Å². The second-order valence-corrected chi connectivity index (χ2v) is 2.24. The summed E-state index contributed by atoms with van der Waals surface area (Å²) < 4.78 is 0. The van der Waals surface area contributed by atoms with Crippen molar-refractivity contribution in [2.75, 3.05) is 6.54 Å². The summed E-state index contributed by atoms with van der Waals surface area (Å²) in [5, 5.41) is 4.01. The van der Waals surface area contributed by atoms with E-state index in [0.717, 1.165) is 18.1 Å². The van der Waals surface area contributed by atoms with Crippen LogP contribution >= 0.6 is 0 Å². The molecule has 11 heavy (non-hydrogen) atoms. The van der Waals surface area contributed by atoms with Crippen LogP contribution in [0.25, 0.3) is 5.32 Å². The molecule has 1 aliphatic heterocycles. The van der Waals surface area contributed by atoms with Crippen LogP contribution in [0.3, 0.4) is 0 Å². The van der Waals surface area contributed by atoms with E-state index in [1.165, 1.54) is 0 Å². The van der Waals surface area contributed by atoms with Crippen molar-refractivity contribution in [1.82, 2.24) is 4.90 Å². The Kier molecular flexibility index (Phi) is 4.94. The Morgan fingerprint density at radius 1 is 1.64 bits per heavy atom. The number of nitrogens with two attached hydrogens (primary N) is 1. The molecule has 56 valence electrons. The minimum atomic E-state index is 0. The predicted molar refractivity (Wildman–Crippen MR) is 41.8 cm³/mol. The smallest absolute Gasteiger partial charge is 0.455 e. The van der Waals surface area contributed by atoms with Gasteiger partial charge in [0.15, 0.2) is 0 Å². The van der Waals surface area contributed by atoms with E-state index in [1.54, 1.807) is 0 Å². The molecule has 4 heteroatoms. The summed E-state index contributed by atoms with van der Waals surface area (Å²) in [6.45, 7) is 8.62. The molecular weight excluding hydrogens is 212 g/mol. The summed E-state index contributed by atoms with van der Waals surface area (Å²) in [7, 11) is 0. The third kappa shape index (κ3) is 2.31. The average molecular weight is 224 g/mol. The molecule has 1 heterocycles. The van der Waals surface area contributed by atoms with Gasteiger partial charge < -0.3 is 16.0 Å². The van der Waals surface area contributed by atoms with Crippen molar-refractivity contribution in [3.05, 3.63) is 29.2 Å². The third-order valence-electron chi connectivity index (χ3n) is 1.65. The van der Waals surface area contributed by atoms with Crippen LogP contribution in [0.1, 0.15) is 13.8 Å². The molecule has 1 rings (SSSR count). The summed E-state index contributed by atoms with van der Waals surface area (Å²) in [5.74, 6) is 1.34. The number of allylic oxidation sites excluding steroid dienone is 1. The summed E-state index contributed by atoms with van der Waals surface area (Å²) in [5.41, 5.74) is 6.55. The summed E-state index contributed by atoms with van der Waals surface area (Å²) in [6, 6.07) is 0. The number of hydrogen-bond acceptors (Lipinski definition) is 2. The molecular formula is C7H12N3Rb. The first-order chi connectivity index (χ1) is 4.66. The van der Waals surface area contributed by atoms with Gasteiger partial charge in [-0.3, -0.25) is 0 Å². The van der Waals surface area contributed by atoms with Crippen LogP contribution in [0.15, 0.2) is 23.9 Å². The molecule has 0 aromatic rings. The van der Waals surface area contributed by atoms with Gasteiger partial charge in [-0.05, 0) is 30.8 Å². The second-order valence-electron chi connectivity index (χ2n) is 2.24. The Labute approximate surface area is 116 Å². The predicted octanol–water partition coefficient (Wildman–Crippen LogP) is -1.68. The van der Waals surface area contributed by atoms with Gasteiger partial charge >= 0.3 is 58.2 Å². The van der Waals surface area contributed by atoms with Crippen LogP contribution in [0, 0.1) is 0 Å². The van der Waals surface area contributed by atoms with Gasteiger partial charge in [0.25, 0.3) is 0 Å². The molecule has 0 aliphatic carbocycles. The van der Waals surface area contributed by atoms with E-state index >= 15 is 0 Å². The monoisotopic (exact) mass is 223 g/mol. The normalized spacial score (nSPS) is 16.5. The number of hydrogen-bond donors (Lipinski definition) is 1. The zero-order chi connectivity index (χ0) is 7.72. The van der Waals surface area contributed by atoms with Crippen molar-refractivity contribution < 1.29 is 58.2 Å². The van der Waals surface area contributed by atoms with Gasteiger partial charge in [0.05, 0.1) is 0 Å². The van der Waals surface area contributed by atoms with E-state index in [4.69, 9.17) is 5.73 Å². The standard InChI is InChI=1S/C7H12N3.Rb/c1-4-10-5(2)7(8)9-6(10)3;/h3-4,8H2,1-2H3;/q-1;+1. The van der Waals surface area contributed by atoms with Crippen molar-refractivity contribution >= 4 is 0 Å². The Balaban J connectivity index is 0.000001000. The van der Waals surface area contributed by atoms with Crippen LogP contribution in [0.5, 0.6) is 0 Å². The molecule has 0 saturated carbocycles. The van der Waals surface area contributed by atoms with Crippen molar-refractivity contribution in [3.8, 4) is 0 Å². The van der Waals surface area contributed by atoms with E-state index in [2.05, 4.69) is 11.9 Å². The molecule has 0 unspecified atom stereocenters. The van der Waals surface area contributed by atoms with Gasteiger partial charge in [0, 0.05) is 0 Å². The Morgan fingerprint density at radius 3 is 2.36 bits per heavy atom. The van der Waals surface area contributed by atoms with Gasteiger partial charge in [0.1, 0.15) is 0 Å². The van der Waals surface area contributed by atoms with Gasteiger partial charge in [-0.15, -0.1) is 0 Å². The molecule has 1 aliphatic rings. The van der Waals surface area contributed by atoms with Crippen LogP contribution in [0.2, 0.25) is 0 Å². The second kappa shape index (κ2) is 4.65. The van der Waals surface area contributed by atoms with E-state index in [9.17, 15) is 0 Å². The minimum Gasteiger partial charge on any atom is -0.455 e. The zero-order valence-corrected chi connectivity index (χ0v) is 12.3. The van der Waals surface area contributed by atoms with Gasteiger partial charge in [-0.2, -0.15) is 0 Å². The van der Waals surface area contributed by atoms with Crippen LogP contribution < -0.4 is 63.9 Å². The summed E-state index contributed by atoms with van der Waals surface area (Å²) in [4.78, 5) is 1.98. The first kappa shape index (κ1) is 11.7. The molecule has 0 bridgehead atoms. The van der Waals surface area contributed by atoms with Crippen LogP contribution in [-0.4, -0.2) is 11.4 Å². The number of nitrogens with zero attached hydrogens (tertiary/aromatic N) is 2. The zero-order valence-electron chi connectivity index (χ0n) is 7.39. The van der Waals surface area contributed by atoms with Crippen molar-refractivity contribution in [1.29, 1.82) is 0 Å². The molecule has 0 fully saturated rings. The van der Waals surface area contributed by atoms with Gasteiger partial charge in [-0.25, -0.2) is 0 Å². The summed E-state index contributed by atoms with van der Waals surface area (Å²) in [6.07, 6.45) is 0. The van der Waals surface area contributed by atoms with E-state index < -0.39 is 0 Å². The maximum atomic E-state index is 5.55. The van der Waals surface area contributed by atoms with Crippen LogP contribution in [-0.2, 0) is 0 Å². The van der Waals surface area contributed by atoms with Crippen LogP contribution in [0.4, 0.5) is 0 Å². The number of rotatable bonds is 1. The molecule has 0 atom stereocenters. The van der Waals surface area contributed by atoms with Crippen molar-refractivity contribution in [3.63, 3.8) is 0 Å². The quantitative estimate of drug-likeness (QED) is 0.577. The topological polar surface area (TPSA) is 43.4 Å².